The minimum atomic E-state index is -0.650. The highest BCUT2D eigenvalue weighted by Gasteiger charge is 2.26. The number of amides is 1. The van der Waals surface area contributed by atoms with Crippen molar-refractivity contribution in [3.05, 3.63) is 69.0 Å². The number of hydrogen-bond donors (Lipinski definition) is 2. The van der Waals surface area contributed by atoms with Gasteiger partial charge in [0.2, 0.25) is 0 Å². The lowest BCUT2D eigenvalue weighted by Crippen LogP contribution is -2.27. The average Bonchev–Trinajstić information content (AvgIpc) is 2.88. The molecule has 2 N–H and O–H groups in total. The van der Waals surface area contributed by atoms with E-state index in [-0.39, 0.29) is 23.1 Å². The molecule has 7 heteroatoms. The number of rotatable bonds is 3. The summed E-state index contributed by atoms with van der Waals surface area (Å²) < 4.78 is 13.2. The highest BCUT2D eigenvalue weighted by Crippen LogP contribution is 2.32. The van der Waals surface area contributed by atoms with Gasteiger partial charge in [-0.1, -0.05) is 6.07 Å². The lowest BCUT2D eigenvalue weighted by molar-refractivity contribution is -0.384. The number of phenols is 1. The second kappa shape index (κ2) is 5.68. The number of carbonyl (C=O) groups is 1. The Morgan fingerprint density at radius 2 is 2.09 bits per heavy atom. The summed E-state index contributed by atoms with van der Waals surface area (Å²) in [6.07, 6.45) is 1.29. The Morgan fingerprint density at radius 1 is 1.30 bits per heavy atom. The highest BCUT2D eigenvalue weighted by atomic mass is 19.1. The molecule has 1 amide bonds. The van der Waals surface area contributed by atoms with Gasteiger partial charge in [0.1, 0.15) is 11.6 Å². The summed E-state index contributed by atoms with van der Waals surface area (Å²) >= 11 is 0. The van der Waals surface area contributed by atoms with Gasteiger partial charge in [-0.2, -0.15) is 0 Å². The van der Waals surface area contributed by atoms with Crippen molar-refractivity contribution < 1.29 is 19.2 Å². The summed E-state index contributed by atoms with van der Waals surface area (Å²) in [7, 11) is 0. The second-order valence-corrected chi connectivity index (χ2v) is 5.37. The van der Waals surface area contributed by atoms with Crippen LogP contribution in [-0.4, -0.2) is 15.9 Å². The quantitative estimate of drug-likeness (QED) is 0.672. The molecule has 1 aliphatic carbocycles. The molecule has 0 saturated heterocycles. The van der Waals surface area contributed by atoms with Crippen LogP contribution in [0.2, 0.25) is 0 Å². The number of aryl methyl sites for hydroxylation is 1. The first-order valence-electron chi connectivity index (χ1n) is 7.02. The van der Waals surface area contributed by atoms with E-state index in [1.807, 2.05) is 0 Å². The van der Waals surface area contributed by atoms with Crippen molar-refractivity contribution in [3.8, 4) is 5.75 Å². The largest absolute Gasteiger partial charge is 0.507 e. The molecule has 0 unspecified atom stereocenters. The summed E-state index contributed by atoms with van der Waals surface area (Å²) in [6.45, 7) is 0. The molecular weight excluding hydrogens is 303 g/mol. The number of non-ortho nitro benzene ring substituents is 1. The molecule has 0 bridgehead atoms. The van der Waals surface area contributed by atoms with Gasteiger partial charge in [-0.3, -0.25) is 14.9 Å². The normalized spacial score (nSPS) is 16.0. The third-order valence-corrected chi connectivity index (χ3v) is 3.92. The maximum Gasteiger partial charge on any atom is 0.273 e. The Morgan fingerprint density at radius 3 is 2.78 bits per heavy atom. The number of aromatic hydroxyl groups is 1. The van der Waals surface area contributed by atoms with Crippen molar-refractivity contribution in [1.82, 2.24) is 5.32 Å². The second-order valence-electron chi connectivity index (χ2n) is 5.37. The minimum absolute atomic E-state index is 0.0360. The number of nitrogens with zero attached hydrogens (tertiary/aromatic N) is 1. The third-order valence-electron chi connectivity index (χ3n) is 3.92. The molecule has 1 atom stereocenters. The molecule has 0 spiro atoms. The summed E-state index contributed by atoms with van der Waals surface area (Å²) in [5.41, 5.74) is 1.37. The Kier molecular flexibility index (Phi) is 3.69. The van der Waals surface area contributed by atoms with Crippen LogP contribution in [0.4, 0.5) is 10.1 Å². The number of hydrogen-bond acceptors (Lipinski definition) is 4. The molecule has 2 aromatic rings. The third kappa shape index (κ3) is 2.85. The van der Waals surface area contributed by atoms with E-state index in [1.54, 1.807) is 6.07 Å². The maximum absolute atomic E-state index is 13.2. The number of nitro groups is 1. The van der Waals surface area contributed by atoms with Crippen LogP contribution in [0.3, 0.4) is 0 Å². The number of nitro benzene ring substituents is 1. The van der Waals surface area contributed by atoms with Crippen LogP contribution in [0, 0.1) is 15.9 Å². The van der Waals surface area contributed by atoms with Crippen LogP contribution in [0.25, 0.3) is 0 Å². The summed E-state index contributed by atoms with van der Waals surface area (Å²) in [5, 5.41) is 23.2. The topological polar surface area (TPSA) is 92.5 Å². The minimum Gasteiger partial charge on any atom is -0.507 e. The van der Waals surface area contributed by atoms with E-state index in [4.69, 9.17) is 0 Å². The van der Waals surface area contributed by atoms with Gasteiger partial charge in [0, 0.05) is 6.07 Å². The molecule has 0 fully saturated rings. The maximum atomic E-state index is 13.2. The fourth-order valence-electron chi connectivity index (χ4n) is 2.80. The molecule has 6 nitrogen and oxygen atoms in total. The molecule has 2 aromatic carbocycles. The number of fused-ring (bicyclic) bond motifs is 1. The molecule has 0 heterocycles. The molecule has 0 radical (unpaired) electrons. The number of nitrogens with one attached hydrogen (secondary N) is 1. The lowest BCUT2D eigenvalue weighted by Gasteiger charge is -2.14. The monoisotopic (exact) mass is 316 g/mol. The van der Waals surface area contributed by atoms with Crippen molar-refractivity contribution in [2.45, 2.75) is 18.9 Å². The van der Waals surface area contributed by atoms with Crippen molar-refractivity contribution in [2.75, 3.05) is 0 Å². The first-order chi connectivity index (χ1) is 11.0. The molecule has 118 valence electrons. The van der Waals surface area contributed by atoms with Crippen molar-refractivity contribution in [2.24, 2.45) is 0 Å². The van der Waals surface area contributed by atoms with Crippen LogP contribution in [0.1, 0.15) is 33.9 Å². The molecule has 3 rings (SSSR count). The van der Waals surface area contributed by atoms with Crippen molar-refractivity contribution in [3.63, 3.8) is 0 Å². The highest BCUT2D eigenvalue weighted by molar-refractivity contribution is 5.97. The number of carbonyl (C=O) groups excluding carboxylic acids is 1. The lowest BCUT2D eigenvalue weighted by atomic mass is 10.1. The van der Waals surface area contributed by atoms with Crippen LogP contribution in [-0.2, 0) is 6.42 Å². The Balaban J connectivity index is 1.80. The zero-order chi connectivity index (χ0) is 16.6. The van der Waals surface area contributed by atoms with Gasteiger partial charge in [-0.25, -0.2) is 4.39 Å². The van der Waals surface area contributed by atoms with Crippen LogP contribution in [0.15, 0.2) is 36.4 Å². The zero-order valence-corrected chi connectivity index (χ0v) is 12.0. The molecular formula is C16H13FN2O4. The van der Waals surface area contributed by atoms with E-state index in [9.17, 15) is 24.4 Å². The number of halogens is 1. The average molecular weight is 316 g/mol. The van der Waals surface area contributed by atoms with E-state index in [2.05, 4.69) is 5.32 Å². The Labute approximate surface area is 130 Å². The van der Waals surface area contributed by atoms with Crippen molar-refractivity contribution in [1.29, 1.82) is 0 Å². The van der Waals surface area contributed by atoms with Crippen LogP contribution < -0.4 is 5.32 Å². The van der Waals surface area contributed by atoms with E-state index >= 15 is 0 Å². The van der Waals surface area contributed by atoms with E-state index in [0.717, 1.165) is 23.3 Å². The molecule has 0 aliphatic heterocycles. The predicted octanol–water partition coefficient (Wildman–Crippen LogP) is 2.86. The fraction of sp³-hybridized carbons (Fsp3) is 0.188. The fourth-order valence-corrected chi connectivity index (χ4v) is 2.80. The van der Waals surface area contributed by atoms with Gasteiger partial charge >= 0.3 is 0 Å². The summed E-state index contributed by atoms with van der Waals surface area (Å²) in [6, 6.07) is 7.46. The van der Waals surface area contributed by atoms with E-state index in [0.29, 0.717) is 12.8 Å². The first kappa shape index (κ1) is 15.0. The Bertz CT molecular complexity index is 807. The molecule has 0 saturated carbocycles. The summed E-state index contributed by atoms with van der Waals surface area (Å²) in [5.74, 6) is -1.29. The van der Waals surface area contributed by atoms with Gasteiger partial charge in [0.15, 0.2) is 0 Å². The number of phenolic OH excluding ortho intramolecular Hbond substituents is 1. The zero-order valence-electron chi connectivity index (χ0n) is 12.0. The van der Waals surface area contributed by atoms with Gasteiger partial charge < -0.3 is 10.4 Å². The predicted molar refractivity (Wildman–Crippen MR) is 79.7 cm³/mol. The molecule has 23 heavy (non-hydrogen) atoms. The van der Waals surface area contributed by atoms with E-state index < -0.39 is 16.6 Å². The van der Waals surface area contributed by atoms with Crippen LogP contribution >= 0.6 is 0 Å². The van der Waals surface area contributed by atoms with Gasteiger partial charge in [0.05, 0.1) is 22.6 Å². The SMILES string of the molecule is O=C(N[C@@H]1CCc2cc(F)ccc21)c1ccc([N+](=O)[O-])cc1O. The number of benzene rings is 2. The van der Waals surface area contributed by atoms with Gasteiger partial charge in [-0.15, -0.1) is 0 Å². The smallest absolute Gasteiger partial charge is 0.273 e. The Hall–Kier alpha value is -2.96. The van der Waals surface area contributed by atoms with Gasteiger partial charge in [0.25, 0.3) is 11.6 Å². The first-order valence-corrected chi connectivity index (χ1v) is 7.02. The van der Waals surface area contributed by atoms with E-state index in [1.165, 1.54) is 18.2 Å². The molecule has 1 aliphatic rings. The summed E-state index contributed by atoms with van der Waals surface area (Å²) in [4.78, 5) is 22.3. The van der Waals surface area contributed by atoms with Gasteiger partial charge in [-0.05, 0) is 42.2 Å². The molecule has 0 aromatic heterocycles. The van der Waals surface area contributed by atoms with Crippen LogP contribution in [0.5, 0.6) is 5.75 Å². The standard InChI is InChI=1S/C16H13FN2O4/c17-10-2-4-12-9(7-10)1-6-14(12)18-16(21)13-5-3-11(19(22)23)8-15(13)20/h2-5,7-8,14,20H,1,6H2,(H,18,21)/t14-/m1/s1. The van der Waals surface area contributed by atoms with Crippen molar-refractivity contribution >= 4 is 11.6 Å².